The van der Waals surface area contributed by atoms with E-state index in [9.17, 15) is 9.90 Å². The molecular weight excluding hydrogens is 274 g/mol. The van der Waals surface area contributed by atoms with E-state index in [-0.39, 0.29) is 10.8 Å². The number of rotatable bonds is 3. The smallest absolute Gasteiger partial charge is 0.307 e. The maximum atomic E-state index is 11.2. The van der Waals surface area contributed by atoms with Crippen molar-refractivity contribution in [1.29, 1.82) is 0 Å². The molecule has 102 valence electrons. The number of aromatic hydroxyl groups is 1. The van der Waals surface area contributed by atoms with Crippen LogP contribution in [0.3, 0.4) is 0 Å². The van der Waals surface area contributed by atoms with Crippen molar-refractivity contribution >= 4 is 22.1 Å². The van der Waals surface area contributed by atoms with E-state index < -0.39 is 0 Å². The highest BCUT2D eigenvalue weighted by molar-refractivity contribution is 7.09. The van der Waals surface area contributed by atoms with E-state index in [0.717, 1.165) is 33.4 Å². The summed E-state index contributed by atoms with van der Waals surface area (Å²) >= 11 is 1.04. The molecule has 0 radical (unpaired) electrons. The van der Waals surface area contributed by atoms with E-state index in [4.69, 9.17) is 4.74 Å². The number of hydrogen-bond acceptors (Lipinski definition) is 4. The fourth-order valence-electron chi connectivity index (χ4n) is 2.31. The molecule has 0 unspecified atom stereocenters. The average molecular weight is 287 g/mol. The number of nitrogens with one attached hydrogen (secondary N) is 1. The number of benzene rings is 2. The molecule has 0 saturated carbocycles. The number of ether oxygens (including phenoxy) is 1. The Morgan fingerprint density at radius 1 is 1.20 bits per heavy atom. The van der Waals surface area contributed by atoms with Gasteiger partial charge < -0.3 is 9.84 Å². The molecule has 1 aromatic heterocycles. The molecular formula is C15H13NO3S. The molecule has 0 atom stereocenters. The van der Waals surface area contributed by atoms with Gasteiger partial charge in [-0.25, -0.2) is 0 Å². The molecule has 0 aliphatic carbocycles. The van der Waals surface area contributed by atoms with Crippen LogP contribution in [0.1, 0.15) is 10.4 Å². The first-order chi connectivity index (χ1) is 9.69. The van der Waals surface area contributed by atoms with Crippen LogP contribution in [0.25, 0.3) is 10.8 Å². The molecule has 20 heavy (non-hydrogen) atoms. The maximum absolute atomic E-state index is 11.2. The molecule has 3 aromatic rings. The van der Waals surface area contributed by atoms with Crippen molar-refractivity contribution in [2.75, 3.05) is 7.11 Å². The van der Waals surface area contributed by atoms with E-state index in [0.29, 0.717) is 11.3 Å². The van der Waals surface area contributed by atoms with Crippen LogP contribution in [0.15, 0.2) is 41.2 Å². The Morgan fingerprint density at radius 2 is 1.95 bits per heavy atom. The molecule has 2 aromatic carbocycles. The largest absolute Gasteiger partial charge is 0.496 e. The van der Waals surface area contributed by atoms with Crippen molar-refractivity contribution in [2.24, 2.45) is 0 Å². The highest BCUT2D eigenvalue weighted by Gasteiger charge is 2.11. The van der Waals surface area contributed by atoms with Crippen molar-refractivity contribution < 1.29 is 9.84 Å². The molecule has 0 saturated heterocycles. The Balaban J connectivity index is 2.13. The summed E-state index contributed by atoms with van der Waals surface area (Å²) in [5.74, 6) is 0.774. The Bertz CT molecular complexity index is 819. The molecule has 1 heterocycles. The maximum Gasteiger partial charge on any atom is 0.307 e. The zero-order chi connectivity index (χ0) is 14.1. The molecule has 4 nitrogen and oxygen atoms in total. The predicted molar refractivity (Wildman–Crippen MR) is 79.9 cm³/mol. The van der Waals surface area contributed by atoms with E-state index in [1.54, 1.807) is 7.11 Å². The normalized spacial score (nSPS) is 10.8. The van der Waals surface area contributed by atoms with Crippen LogP contribution in [-0.4, -0.2) is 17.2 Å². The van der Waals surface area contributed by atoms with Crippen molar-refractivity contribution in [3.63, 3.8) is 0 Å². The van der Waals surface area contributed by atoms with E-state index >= 15 is 0 Å². The molecule has 3 rings (SSSR count). The Hall–Kier alpha value is -2.27. The number of thiazole rings is 1. The van der Waals surface area contributed by atoms with Gasteiger partial charge in [0.1, 0.15) is 5.75 Å². The van der Waals surface area contributed by atoms with Gasteiger partial charge in [0.15, 0.2) is 0 Å². The van der Waals surface area contributed by atoms with E-state index in [1.165, 1.54) is 0 Å². The number of aromatic amines is 1. The lowest BCUT2D eigenvalue weighted by molar-refractivity contribution is 0.419. The third-order valence-corrected chi connectivity index (χ3v) is 4.12. The number of methoxy groups -OCH3 is 1. The second-order valence-electron chi connectivity index (χ2n) is 4.44. The lowest BCUT2D eigenvalue weighted by Crippen LogP contribution is -1.91. The second-order valence-corrected chi connectivity index (χ2v) is 5.50. The number of fused-ring (bicyclic) bond motifs is 1. The van der Waals surface area contributed by atoms with Gasteiger partial charge in [0, 0.05) is 11.8 Å². The van der Waals surface area contributed by atoms with Crippen molar-refractivity contribution in [3.05, 3.63) is 56.5 Å². The summed E-state index contributed by atoms with van der Waals surface area (Å²) in [5, 5.41) is 11.8. The van der Waals surface area contributed by atoms with Crippen LogP contribution in [0.4, 0.5) is 0 Å². The predicted octanol–water partition coefficient (Wildman–Crippen LogP) is 2.89. The van der Waals surface area contributed by atoms with Crippen LogP contribution < -0.4 is 9.61 Å². The van der Waals surface area contributed by atoms with Gasteiger partial charge in [-0.3, -0.25) is 9.78 Å². The Kier molecular flexibility index (Phi) is 3.20. The second kappa shape index (κ2) is 5.02. The van der Waals surface area contributed by atoms with Crippen LogP contribution in [0.5, 0.6) is 11.6 Å². The standard InChI is InChI=1S/C15H13NO3S/c1-19-12-7-6-9(10-4-2-3-5-11(10)12)8-13-14(17)16-15(18)20-13/h2-7,17H,8H2,1H3,(H,16,18). The quantitative estimate of drug-likeness (QED) is 0.778. The monoisotopic (exact) mass is 287 g/mol. The molecule has 0 aliphatic heterocycles. The van der Waals surface area contributed by atoms with Gasteiger partial charge in [-0.15, -0.1) is 0 Å². The van der Waals surface area contributed by atoms with Crippen LogP contribution in [0.2, 0.25) is 0 Å². The lowest BCUT2D eigenvalue weighted by Gasteiger charge is -2.09. The SMILES string of the molecule is COc1ccc(Cc2sc(=O)[nH]c2O)c2ccccc12. The summed E-state index contributed by atoms with van der Waals surface area (Å²) in [6, 6.07) is 11.8. The summed E-state index contributed by atoms with van der Waals surface area (Å²) in [7, 11) is 1.64. The number of aromatic nitrogens is 1. The summed E-state index contributed by atoms with van der Waals surface area (Å²) in [6.07, 6.45) is 0.514. The number of hydrogen-bond donors (Lipinski definition) is 2. The Morgan fingerprint density at radius 3 is 2.60 bits per heavy atom. The van der Waals surface area contributed by atoms with Crippen LogP contribution in [0, 0.1) is 0 Å². The van der Waals surface area contributed by atoms with Gasteiger partial charge in [-0.1, -0.05) is 41.7 Å². The minimum Gasteiger partial charge on any atom is -0.496 e. The topological polar surface area (TPSA) is 62.3 Å². The lowest BCUT2D eigenvalue weighted by atomic mass is 10.0. The van der Waals surface area contributed by atoms with Crippen LogP contribution >= 0.6 is 11.3 Å². The third-order valence-electron chi connectivity index (χ3n) is 3.25. The first-order valence-corrected chi connectivity index (χ1v) is 6.96. The van der Waals surface area contributed by atoms with E-state index in [1.807, 2.05) is 36.4 Å². The Labute approximate surface area is 119 Å². The summed E-state index contributed by atoms with van der Waals surface area (Å²) in [5.41, 5.74) is 1.05. The van der Waals surface area contributed by atoms with Crippen LogP contribution in [-0.2, 0) is 6.42 Å². The average Bonchev–Trinajstić information content (AvgIpc) is 2.77. The zero-order valence-corrected chi connectivity index (χ0v) is 11.7. The first kappa shape index (κ1) is 12.7. The highest BCUT2D eigenvalue weighted by Crippen LogP contribution is 2.31. The van der Waals surface area contributed by atoms with Crippen molar-refractivity contribution in [2.45, 2.75) is 6.42 Å². The molecule has 0 bridgehead atoms. The highest BCUT2D eigenvalue weighted by atomic mass is 32.1. The van der Waals surface area contributed by atoms with Gasteiger partial charge in [-0.05, 0) is 17.0 Å². The molecule has 0 spiro atoms. The molecule has 0 fully saturated rings. The van der Waals surface area contributed by atoms with Gasteiger partial charge >= 0.3 is 4.87 Å². The summed E-state index contributed by atoms with van der Waals surface area (Å²) < 4.78 is 5.36. The first-order valence-electron chi connectivity index (χ1n) is 6.14. The van der Waals surface area contributed by atoms with Crippen molar-refractivity contribution in [1.82, 2.24) is 4.98 Å². The number of H-pyrrole nitrogens is 1. The molecule has 5 heteroatoms. The van der Waals surface area contributed by atoms with E-state index in [2.05, 4.69) is 4.98 Å². The van der Waals surface area contributed by atoms with Gasteiger partial charge in [0.2, 0.25) is 5.88 Å². The molecule has 0 amide bonds. The van der Waals surface area contributed by atoms with Crippen molar-refractivity contribution in [3.8, 4) is 11.6 Å². The summed E-state index contributed by atoms with van der Waals surface area (Å²) in [4.78, 5) is 14.0. The molecule has 0 aliphatic rings. The zero-order valence-electron chi connectivity index (χ0n) is 10.8. The van der Waals surface area contributed by atoms with Gasteiger partial charge in [-0.2, -0.15) is 0 Å². The minimum atomic E-state index is -0.240. The van der Waals surface area contributed by atoms with Gasteiger partial charge in [0.25, 0.3) is 0 Å². The van der Waals surface area contributed by atoms with Gasteiger partial charge in [0.05, 0.1) is 12.0 Å². The third kappa shape index (κ3) is 2.16. The fraction of sp³-hybridized carbons (Fsp3) is 0.133. The summed E-state index contributed by atoms with van der Waals surface area (Å²) in [6.45, 7) is 0. The molecule has 2 N–H and O–H groups in total. The fourth-order valence-corrected chi connectivity index (χ4v) is 3.06. The minimum absolute atomic E-state index is 0.0418.